The summed E-state index contributed by atoms with van der Waals surface area (Å²) in [5, 5.41) is 14.2. The Kier molecular flexibility index (Phi) is 11.9. The minimum Gasteiger partial charge on any atom is -0.478 e. The van der Waals surface area contributed by atoms with Gasteiger partial charge in [-0.3, -0.25) is 9.80 Å². The first kappa shape index (κ1) is 36.0. The summed E-state index contributed by atoms with van der Waals surface area (Å²) in [6, 6.07) is 24.9. The SMILES string of the molecule is CN(C(=O)OC(C)(C)C)C1CCN(CC(Oc2cc(Br)c(Cl)cc2NCC2CN(C(c3ccccc3)c3ccccc3)C2)C(=O)O)CC1. The molecule has 2 aliphatic rings. The third-order valence-corrected chi connectivity index (χ3v) is 10.1. The van der Waals surface area contributed by atoms with Gasteiger partial charge in [-0.25, -0.2) is 9.59 Å². The molecule has 0 saturated carbocycles. The molecule has 1 atom stereocenters. The number of piperidine rings is 1. The number of nitrogens with zero attached hydrogens (tertiary/aromatic N) is 3. The van der Waals surface area contributed by atoms with E-state index < -0.39 is 17.7 Å². The van der Waals surface area contributed by atoms with Crippen molar-refractivity contribution in [2.45, 2.75) is 57.4 Å². The Morgan fingerprint density at radius 3 is 2.15 bits per heavy atom. The number of rotatable bonds is 12. The van der Waals surface area contributed by atoms with Crippen molar-refractivity contribution in [2.24, 2.45) is 5.92 Å². The van der Waals surface area contributed by atoms with Crippen molar-refractivity contribution in [1.82, 2.24) is 14.7 Å². The summed E-state index contributed by atoms with van der Waals surface area (Å²) in [7, 11) is 1.76. The predicted octanol–water partition coefficient (Wildman–Crippen LogP) is 7.40. The maximum atomic E-state index is 12.5. The van der Waals surface area contributed by atoms with Gasteiger partial charge in [0.15, 0.2) is 0 Å². The zero-order chi connectivity index (χ0) is 34.4. The molecule has 11 heteroatoms. The van der Waals surface area contributed by atoms with Crippen LogP contribution in [0.4, 0.5) is 10.5 Å². The molecule has 2 heterocycles. The van der Waals surface area contributed by atoms with E-state index >= 15 is 0 Å². The summed E-state index contributed by atoms with van der Waals surface area (Å²) in [4.78, 5) is 31.2. The van der Waals surface area contributed by atoms with Gasteiger partial charge in [0.25, 0.3) is 0 Å². The van der Waals surface area contributed by atoms with Gasteiger partial charge < -0.3 is 24.8 Å². The van der Waals surface area contributed by atoms with Crippen LogP contribution in [-0.2, 0) is 9.53 Å². The Bertz CT molecular complexity index is 1490. The van der Waals surface area contributed by atoms with E-state index in [9.17, 15) is 14.7 Å². The monoisotopic (exact) mass is 740 g/mol. The fourth-order valence-electron chi connectivity index (χ4n) is 6.38. The van der Waals surface area contributed by atoms with E-state index in [1.807, 2.05) is 32.9 Å². The van der Waals surface area contributed by atoms with Crippen LogP contribution in [0.3, 0.4) is 0 Å². The van der Waals surface area contributed by atoms with Gasteiger partial charge in [-0.1, -0.05) is 72.3 Å². The Hall–Kier alpha value is -3.31. The van der Waals surface area contributed by atoms with Gasteiger partial charge in [-0.05, 0) is 72.8 Å². The number of nitrogens with one attached hydrogen (secondary N) is 1. The van der Waals surface area contributed by atoms with Gasteiger partial charge in [-0.2, -0.15) is 0 Å². The maximum absolute atomic E-state index is 12.5. The summed E-state index contributed by atoms with van der Waals surface area (Å²) >= 11 is 9.97. The van der Waals surface area contributed by atoms with Gasteiger partial charge in [0.2, 0.25) is 6.10 Å². The molecular formula is C37H46BrClN4O5. The zero-order valence-corrected chi connectivity index (χ0v) is 30.4. The zero-order valence-electron chi connectivity index (χ0n) is 28.1. The molecule has 1 unspecified atom stereocenters. The smallest absolute Gasteiger partial charge is 0.410 e. The summed E-state index contributed by atoms with van der Waals surface area (Å²) in [6.45, 7) is 9.58. The van der Waals surface area contributed by atoms with Crippen molar-refractivity contribution < 1.29 is 24.2 Å². The van der Waals surface area contributed by atoms with E-state index in [-0.39, 0.29) is 24.7 Å². The van der Waals surface area contributed by atoms with Crippen LogP contribution in [0.15, 0.2) is 77.3 Å². The number of hydrogen-bond donors (Lipinski definition) is 2. The molecule has 3 aromatic rings. The number of ether oxygens (including phenoxy) is 2. The van der Waals surface area contributed by atoms with Crippen LogP contribution in [0.5, 0.6) is 5.75 Å². The van der Waals surface area contributed by atoms with E-state index in [4.69, 9.17) is 21.1 Å². The van der Waals surface area contributed by atoms with Gasteiger partial charge in [0.1, 0.15) is 11.4 Å². The topological polar surface area (TPSA) is 94.6 Å². The van der Waals surface area contributed by atoms with E-state index in [0.29, 0.717) is 46.5 Å². The molecule has 0 radical (unpaired) electrons. The number of carbonyl (C=O) groups excluding carboxylic acids is 1. The Morgan fingerprint density at radius 1 is 1.02 bits per heavy atom. The highest BCUT2D eigenvalue weighted by molar-refractivity contribution is 9.10. The molecule has 0 bridgehead atoms. The van der Waals surface area contributed by atoms with E-state index in [1.165, 1.54) is 11.1 Å². The maximum Gasteiger partial charge on any atom is 0.410 e. The van der Waals surface area contributed by atoms with Crippen LogP contribution >= 0.6 is 27.5 Å². The van der Waals surface area contributed by atoms with Crippen molar-refractivity contribution in [2.75, 3.05) is 51.6 Å². The third kappa shape index (κ3) is 9.43. The van der Waals surface area contributed by atoms with Gasteiger partial charge >= 0.3 is 12.1 Å². The standard InChI is InChI=1S/C37H46BrClN4O5/c1-37(2,3)48-36(46)41(4)28-15-17-42(18-16-28)24-33(35(44)45)47-32-19-29(38)30(39)20-31(32)40-21-25-22-43(23-25)34(26-11-7-5-8-12-26)27-13-9-6-10-14-27/h5-14,19-20,25,28,33-34,40H,15-18,21-24H2,1-4H3,(H,44,45). The first-order valence-corrected chi connectivity index (χ1v) is 17.7. The van der Waals surface area contributed by atoms with Gasteiger partial charge in [0.05, 0.1) is 16.8 Å². The Labute approximate surface area is 297 Å². The lowest BCUT2D eigenvalue weighted by atomic mass is 9.90. The minimum atomic E-state index is -1.09. The Balaban J connectivity index is 1.18. The molecule has 0 aromatic heterocycles. The van der Waals surface area contributed by atoms with Crippen LogP contribution in [0, 0.1) is 5.92 Å². The fourth-order valence-corrected chi connectivity index (χ4v) is 6.86. The second-order valence-electron chi connectivity index (χ2n) is 13.8. The minimum absolute atomic E-state index is 0.0291. The van der Waals surface area contributed by atoms with Gasteiger partial charge in [0, 0.05) is 62.7 Å². The molecule has 2 N–H and O–H groups in total. The van der Waals surface area contributed by atoms with Crippen molar-refractivity contribution in [3.05, 3.63) is 93.4 Å². The molecular weight excluding hydrogens is 696 g/mol. The third-order valence-electron chi connectivity index (χ3n) is 8.94. The highest BCUT2D eigenvalue weighted by Gasteiger charge is 2.35. The summed E-state index contributed by atoms with van der Waals surface area (Å²) in [5.74, 6) is -0.214. The molecule has 2 fully saturated rings. The second kappa shape index (κ2) is 15.9. The summed E-state index contributed by atoms with van der Waals surface area (Å²) in [6.07, 6.45) is 0.00278. The van der Waals surface area contributed by atoms with Crippen molar-refractivity contribution in [3.63, 3.8) is 0 Å². The molecule has 5 rings (SSSR count). The lowest BCUT2D eigenvalue weighted by Gasteiger charge is -2.45. The Morgan fingerprint density at radius 2 is 1.60 bits per heavy atom. The first-order valence-electron chi connectivity index (χ1n) is 16.5. The molecule has 0 aliphatic carbocycles. The second-order valence-corrected chi connectivity index (χ2v) is 15.0. The quantitative estimate of drug-likeness (QED) is 0.199. The molecule has 0 spiro atoms. The highest BCUT2D eigenvalue weighted by Crippen LogP contribution is 2.37. The molecule has 3 aromatic carbocycles. The molecule has 2 aliphatic heterocycles. The van der Waals surface area contributed by atoms with Gasteiger partial charge in [-0.15, -0.1) is 0 Å². The fraction of sp³-hybridized carbons (Fsp3) is 0.459. The number of halogens is 2. The number of anilines is 1. The molecule has 1 amide bonds. The largest absolute Gasteiger partial charge is 0.478 e. The average Bonchev–Trinajstić information content (AvgIpc) is 3.03. The molecule has 48 heavy (non-hydrogen) atoms. The van der Waals surface area contributed by atoms with Crippen molar-refractivity contribution >= 4 is 45.3 Å². The predicted molar refractivity (Wildman–Crippen MR) is 193 cm³/mol. The molecule has 9 nitrogen and oxygen atoms in total. The van der Waals surface area contributed by atoms with E-state index in [0.717, 1.165) is 25.9 Å². The number of carbonyl (C=O) groups is 2. The van der Waals surface area contributed by atoms with Crippen LogP contribution < -0.4 is 10.1 Å². The number of likely N-dealkylation sites (tertiary alicyclic amines) is 2. The molecule has 2 saturated heterocycles. The lowest BCUT2D eigenvalue weighted by molar-refractivity contribution is -0.146. The number of aliphatic carboxylic acids is 1. The number of carboxylic acids is 1. The van der Waals surface area contributed by atoms with Crippen LogP contribution in [0.1, 0.15) is 50.8 Å². The summed E-state index contributed by atoms with van der Waals surface area (Å²) in [5.41, 5.74) is 2.64. The van der Waals surface area contributed by atoms with Crippen LogP contribution in [0.25, 0.3) is 0 Å². The van der Waals surface area contributed by atoms with E-state index in [1.54, 1.807) is 24.1 Å². The van der Waals surface area contributed by atoms with Crippen LogP contribution in [-0.4, -0.2) is 95.9 Å². The van der Waals surface area contributed by atoms with Crippen molar-refractivity contribution in [3.8, 4) is 5.75 Å². The number of hydrogen-bond acceptors (Lipinski definition) is 7. The number of amides is 1. The van der Waals surface area contributed by atoms with Crippen molar-refractivity contribution in [1.29, 1.82) is 0 Å². The number of benzene rings is 3. The van der Waals surface area contributed by atoms with Crippen LogP contribution in [0.2, 0.25) is 5.02 Å². The first-order chi connectivity index (χ1) is 22.9. The highest BCUT2D eigenvalue weighted by atomic mass is 79.9. The van der Waals surface area contributed by atoms with E-state index in [2.05, 4.69) is 79.6 Å². The average molecular weight is 742 g/mol. The summed E-state index contributed by atoms with van der Waals surface area (Å²) < 4.78 is 12.3. The normalized spacial score (nSPS) is 17.1. The molecule has 258 valence electrons. The lowest BCUT2D eigenvalue weighted by Crippen LogP contribution is -2.51. The number of carboxylic acid groups (broad SMARTS) is 1.